The molecule has 0 radical (unpaired) electrons. The molecule has 4 rings (SSSR count). The van der Waals surface area contributed by atoms with Gasteiger partial charge >= 0.3 is 0 Å². The number of amides is 2. The number of hydrogen-bond acceptors (Lipinski definition) is 6. The lowest BCUT2D eigenvalue weighted by molar-refractivity contribution is -0.00546. The number of carbonyl (C=O) groups is 2. The fourth-order valence-corrected chi connectivity index (χ4v) is 4.12. The van der Waals surface area contributed by atoms with Crippen LogP contribution in [0.5, 0.6) is 0 Å². The van der Waals surface area contributed by atoms with Gasteiger partial charge in [-0.15, -0.1) is 0 Å². The lowest BCUT2D eigenvalue weighted by Gasteiger charge is -2.36. The molecule has 2 aromatic heterocycles. The van der Waals surface area contributed by atoms with Crippen molar-refractivity contribution in [1.29, 1.82) is 0 Å². The van der Waals surface area contributed by atoms with Gasteiger partial charge in [0.2, 0.25) is 0 Å². The van der Waals surface area contributed by atoms with E-state index in [1.165, 1.54) is 6.26 Å². The third-order valence-electron chi connectivity index (χ3n) is 5.60. The maximum atomic E-state index is 12.6. The molecule has 2 aliphatic heterocycles. The van der Waals surface area contributed by atoms with Crippen LogP contribution in [0.25, 0.3) is 0 Å². The summed E-state index contributed by atoms with van der Waals surface area (Å²) < 4.78 is 10.9. The van der Waals surface area contributed by atoms with Gasteiger partial charge < -0.3 is 24.3 Å². The van der Waals surface area contributed by atoms with E-state index in [4.69, 9.17) is 9.15 Å². The molecular formula is C22H28N4O4. The highest BCUT2D eigenvalue weighted by Crippen LogP contribution is 2.19. The Kier molecular flexibility index (Phi) is 6.03. The van der Waals surface area contributed by atoms with E-state index < -0.39 is 0 Å². The van der Waals surface area contributed by atoms with Gasteiger partial charge in [0.25, 0.3) is 11.8 Å². The van der Waals surface area contributed by atoms with Crippen molar-refractivity contribution in [2.45, 2.75) is 44.9 Å². The summed E-state index contributed by atoms with van der Waals surface area (Å²) in [5.41, 5.74) is 0.544. The van der Waals surface area contributed by atoms with Crippen LogP contribution in [0, 0.1) is 0 Å². The topological polar surface area (TPSA) is 87.9 Å². The van der Waals surface area contributed by atoms with Crippen molar-refractivity contribution in [1.82, 2.24) is 15.2 Å². The third kappa shape index (κ3) is 4.64. The molecular weight excluding hydrogens is 384 g/mol. The van der Waals surface area contributed by atoms with Gasteiger partial charge in [0, 0.05) is 38.4 Å². The highest BCUT2D eigenvalue weighted by Gasteiger charge is 2.27. The molecule has 0 spiro atoms. The fraction of sp³-hybridized carbons (Fsp3) is 0.500. The fourth-order valence-electron chi connectivity index (χ4n) is 4.12. The number of hydrogen-bond donors (Lipinski definition) is 1. The summed E-state index contributed by atoms with van der Waals surface area (Å²) in [6.45, 7) is 6.87. The molecule has 2 amide bonds. The Labute approximate surface area is 176 Å². The van der Waals surface area contributed by atoms with Gasteiger partial charge in [-0.05, 0) is 51.0 Å². The molecule has 0 aliphatic carbocycles. The molecule has 8 nitrogen and oxygen atoms in total. The SMILES string of the molecule is CC1CN(c2ccc(C(=O)NC3CCN(C(=O)c4ccco4)CC3)cn2)CC(C)O1. The predicted octanol–water partition coefficient (Wildman–Crippen LogP) is 2.32. The Hall–Kier alpha value is -2.87. The second-order valence-corrected chi connectivity index (χ2v) is 8.08. The van der Waals surface area contributed by atoms with E-state index in [1.807, 2.05) is 12.1 Å². The first-order valence-corrected chi connectivity index (χ1v) is 10.5. The van der Waals surface area contributed by atoms with Crippen LogP contribution in [0.1, 0.15) is 47.6 Å². The van der Waals surface area contributed by atoms with E-state index in [0.29, 0.717) is 37.3 Å². The number of anilines is 1. The highest BCUT2D eigenvalue weighted by atomic mass is 16.5. The quantitative estimate of drug-likeness (QED) is 0.829. The summed E-state index contributed by atoms with van der Waals surface area (Å²) >= 11 is 0. The second-order valence-electron chi connectivity index (χ2n) is 8.08. The smallest absolute Gasteiger partial charge is 0.289 e. The molecule has 2 atom stereocenters. The van der Waals surface area contributed by atoms with Gasteiger partial charge in [-0.1, -0.05) is 0 Å². The van der Waals surface area contributed by atoms with Gasteiger partial charge in [-0.3, -0.25) is 9.59 Å². The van der Waals surface area contributed by atoms with Crippen molar-refractivity contribution in [3.05, 3.63) is 48.0 Å². The molecule has 4 heterocycles. The molecule has 0 saturated carbocycles. The molecule has 2 aliphatic rings. The van der Waals surface area contributed by atoms with E-state index >= 15 is 0 Å². The monoisotopic (exact) mass is 412 g/mol. The first-order chi connectivity index (χ1) is 14.5. The molecule has 2 unspecified atom stereocenters. The van der Waals surface area contributed by atoms with Crippen LogP contribution in [-0.4, -0.2) is 66.1 Å². The number of furan rings is 1. The summed E-state index contributed by atoms with van der Waals surface area (Å²) in [4.78, 5) is 33.4. The number of ether oxygens (including phenoxy) is 1. The Balaban J connectivity index is 1.29. The molecule has 0 aromatic carbocycles. The standard InChI is InChI=1S/C22H28N4O4/c1-15-13-26(14-16(2)30-15)20-6-5-17(12-23-20)21(27)24-18-7-9-25(10-8-18)22(28)19-4-3-11-29-19/h3-6,11-12,15-16,18H,7-10,13-14H2,1-2H3,(H,24,27). The van der Waals surface area contributed by atoms with Crippen molar-refractivity contribution in [3.63, 3.8) is 0 Å². The van der Waals surface area contributed by atoms with Crippen LogP contribution in [0.15, 0.2) is 41.1 Å². The van der Waals surface area contributed by atoms with Crippen LogP contribution in [0.4, 0.5) is 5.82 Å². The molecule has 8 heteroatoms. The van der Waals surface area contributed by atoms with Gasteiger partial charge in [0.1, 0.15) is 5.82 Å². The maximum absolute atomic E-state index is 12.6. The minimum Gasteiger partial charge on any atom is -0.459 e. The molecule has 2 saturated heterocycles. The normalized spacial score (nSPS) is 22.7. The summed E-state index contributed by atoms with van der Waals surface area (Å²) in [5, 5.41) is 3.07. The van der Waals surface area contributed by atoms with Crippen molar-refractivity contribution < 1.29 is 18.7 Å². The number of morpholine rings is 1. The number of rotatable bonds is 4. The Bertz CT molecular complexity index is 850. The predicted molar refractivity (Wildman–Crippen MR) is 112 cm³/mol. The molecule has 0 bridgehead atoms. The Morgan fingerprint density at radius 3 is 2.43 bits per heavy atom. The van der Waals surface area contributed by atoms with Crippen LogP contribution in [0.3, 0.4) is 0 Å². The first-order valence-electron chi connectivity index (χ1n) is 10.5. The number of nitrogens with one attached hydrogen (secondary N) is 1. The van der Waals surface area contributed by atoms with Crippen LogP contribution >= 0.6 is 0 Å². The van der Waals surface area contributed by atoms with Gasteiger partial charge in [-0.25, -0.2) is 4.98 Å². The summed E-state index contributed by atoms with van der Waals surface area (Å²) in [7, 11) is 0. The number of piperidine rings is 1. The largest absolute Gasteiger partial charge is 0.459 e. The minimum absolute atomic E-state index is 0.0405. The van der Waals surface area contributed by atoms with Crippen molar-refractivity contribution in [2.75, 3.05) is 31.1 Å². The Morgan fingerprint density at radius 2 is 1.83 bits per heavy atom. The van der Waals surface area contributed by atoms with Crippen molar-refractivity contribution >= 4 is 17.6 Å². The van der Waals surface area contributed by atoms with Crippen LogP contribution in [-0.2, 0) is 4.74 Å². The van der Waals surface area contributed by atoms with Crippen LogP contribution < -0.4 is 10.2 Å². The number of pyridine rings is 1. The first kappa shape index (κ1) is 20.4. The zero-order chi connectivity index (χ0) is 21.1. The highest BCUT2D eigenvalue weighted by molar-refractivity contribution is 5.94. The number of carbonyl (C=O) groups excluding carboxylic acids is 2. The average molecular weight is 412 g/mol. The number of nitrogens with zero attached hydrogens (tertiary/aromatic N) is 3. The number of aromatic nitrogens is 1. The summed E-state index contributed by atoms with van der Waals surface area (Å²) in [6, 6.07) is 7.13. The third-order valence-corrected chi connectivity index (χ3v) is 5.60. The van der Waals surface area contributed by atoms with E-state index in [-0.39, 0.29) is 30.1 Å². The molecule has 30 heavy (non-hydrogen) atoms. The second kappa shape index (κ2) is 8.87. The van der Waals surface area contributed by atoms with Crippen LogP contribution in [0.2, 0.25) is 0 Å². The molecule has 1 N–H and O–H groups in total. The lowest BCUT2D eigenvalue weighted by atomic mass is 10.0. The summed E-state index contributed by atoms with van der Waals surface area (Å²) in [5.74, 6) is 0.982. The van der Waals surface area contributed by atoms with Crippen molar-refractivity contribution in [3.8, 4) is 0 Å². The Morgan fingerprint density at radius 1 is 1.10 bits per heavy atom. The van der Waals surface area contributed by atoms with Gasteiger partial charge in [0.15, 0.2) is 5.76 Å². The van der Waals surface area contributed by atoms with E-state index in [0.717, 1.165) is 18.9 Å². The summed E-state index contributed by atoms with van der Waals surface area (Å²) in [6.07, 6.45) is 4.87. The van der Waals surface area contributed by atoms with E-state index in [9.17, 15) is 9.59 Å². The number of likely N-dealkylation sites (tertiary alicyclic amines) is 1. The zero-order valence-corrected chi connectivity index (χ0v) is 17.4. The van der Waals surface area contributed by atoms with Gasteiger partial charge in [-0.2, -0.15) is 0 Å². The van der Waals surface area contributed by atoms with Crippen molar-refractivity contribution in [2.24, 2.45) is 0 Å². The van der Waals surface area contributed by atoms with Gasteiger partial charge in [0.05, 0.1) is 24.0 Å². The lowest BCUT2D eigenvalue weighted by Crippen LogP contribution is -2.46. The maximum Gasteiger partial charge on any atom is 0.289 e. The molecule has 2 aromatic rings. The van der Waals surface area contributed by atoms with E-state index in [1.54, 1.807) is 23.2 Å². The average Bonchev–Trinajstić information content (AvgIpc) is 3.28. The molecule has 160 valence electrons. The van der Waals surface area contributed by atoms with E-state index in [2.05, 4.69) is 29.0 Å². The zero-order valence-electron chi connectivity index (χ0n) is 17.4. The molecule has 2 fully saturated rings. The minimum atomic E-state index is -0.131.